The number of fused-ring (bicyclic) bond motifs is 1. The highest BCUT2D eigenvalue weighted by Crippen LogP contribution is 2.36. The lowest BCUT2D eigenvalue weighted by atomic mass is 10.2. The molecule has 0 unspecified atom stereocenters. The van der Waals surface area contributed by atoms with Crippen LogP contribution in [0.15, 0.2) is 93.5 Å². The normalized spacial score (nSPS) is 12.4. The van der Waals surface area contributed by atoms with Gasteiger partial charge < -0.3 is 4.98 Å². The molecule has 1 aromatic heterocycles. The summed E-state index contributed by atoms with van der Waals surface area (Å²) in [7, 11) is -6.53. The maximum atomic E-state index is 13.6. The SMILES string of the molecule is Cc1ccccc1S(=O)(=O)c1c(NN(C)S(=O)(=O)c2ccccc2)[nH]c2ccccc12. The number of aromatic nitrogens is 1. The molecule has 0 bridgehead atoms. The standard InChI is InChI=1S/C22H21N3O4S2/c1-16-10-6-9-15-20(16)30(26,27)21-18-13-7-8-14-19(18)23-22(21)24-25(2)31(28,29)17-11-4-3-5-12-17/h3-15,23-24H,1-2H3. The minimum Gasteiger partial charge on any atom is -0.339 e. The van der Waals surface area contributed by atoms with Crippen LogP contribution >= 0.6 is 0 Å². The number of hydrogen-bond donors (Lipinski definition) is 2. The van der Waals surface area contributed by atoms with E-state index in [1.165, 1.54) is 19.2 Å². The molecule has 0 atom stereocenters. The van der Waals surface area contributed by atoms with E-state index in [0.717, 1.165) is 4.41 Å². The number of H-pyrrole nitrogens is 1. The highest BCUT2D eigenvalue weighted by atomic mass is 32.2. The second-order valence-electron chi connectivity index (χ2n) is 7.04. The predicted molar refractivity (Wildman–Crippen MR) is 120 cm³/mol. The van der Waals surface area contributed by atoms with E-state index >= 15 is 0 Å². The fraction of sp³-hybridized carbons (Fsp3) is 0.0909. The molecular formula is C22H21N3O4S2. The van der Waals surface area contributed by atoms with Gasteiger partial charge in [0.25, 0.3) is 10.0 Å². The number of anilines is 1. The van der Waals surface area contributed by atoms with Crippen LogP contribution in [0, 0.1) is 6.92 Å². The molecule has 9 heteroatoms. The van der Waals surface area contributed by atoms with Gasteiger partial charge in [0.1, 0.15) is 10.7 Å². The lowest BCUT2D eigenvalue weighted by molar-refractivity contribution is 0.514. The van der Waals surface area contributed by atoms with E-state index in [2.05, 4.69) is 10.4 Å². The van der Waals surface area contributed by atoms with Crippen molar-refractivity contribution in [2.45, 2.75) is 21.6 Å². The van der Waals surface area contributed by atoms with E-state index in [0.29, 0.717) is 16.5 Å². The molecule has 31 heavy (non-hydrogen) atoms. The first-order valence-corrected chi connectivity index (χ1v) is 12.4. The number of benzene rings is 3. The second-order valence-corrected chi connectivity index (χ2v) is 10.9. The Kier molecular flexibility index (Phi) is 5.34. The summed E-state index contributed by atoms with van der Waals surface area (Å²) in [6, 6.07) is 21.5. The van der Waals surface area contributed by atoms with Crippen LogP contribution in [0.3, 0.4) is 0 Å². The smallest absolute Gasteiger partial charge is 0.259 e. The minimum atomic E-state index is -3.95. The Bertz CT molecular complexity index is 1460. The van der Waals surface area contributed by atoms with Crippen LogP contribution in [0.25, 0.3) is 10.9 Å². The predicted octanol–water partition coefficient (Wildman–Crippen LogP) is 3.96. The van der Waals surface area contributed by atoms with Crippen molar-refractivity contribution in [2.24, 2.45) is 0 Å². The summed E-state index contributed by atoms with van der Waals surface area (Å²) in [5.74, 6) is 0.0754. The molecule has 0 spiro atoms. The van der Waals surface area contributed by atoms with Gasteiger partial charge in [0, 0.05) is 18.0 Å². The van der Waals surface area contributed by atoms with Crippen LogP contribution in [-0.4, -0.2) is 33.3 Å². The number of nitrogens with one attached hydrogen (secondary N) is 2. The zero-order valence-corrected chi connectivity index (χ0v) is 18.5. The van der Waals surface area contributed by atoms with E-state index in [4.69, 9.17) is 0 Å². The molecule has 0 amide bonds. The van der Waals surface area contributed by atoms with Crippen LogP contribution in [0.5, 0.6) is 0 Å². The molecule has 7 nitrogen and oxygen atoms in total. The van der Waals surface area contributed by atoms with Crippen molar-refractivity contribution in [1.29, 1.82) is 0 Å². The molecule has 2 N–H and O–H groups in total. The largest absolute Gasteiger partial charge is 0.339 e. The summed E-state index contributed by atoms with van der Waals surface area (Å²) in [6.07, 6.45) is 0. The van der Waals surface area contributed by atoms with Gasteiger partial charge in [-0.2, -0.15) is 0 Å². The summed E-state index contributed by atoms with van der Waals surface area (Å²) in [5.41, 5.74) is 3.92. The zero-order valence-electron chi connectivity index (χ0n) is 16.9. The Morgan fingerprint density at radius 1 is 0.806 bits per heavy atom. The summed E-state index contributed by atoms with van der Waals surface area (Å²) in [5, 5.41) is 0.471. The van der Waals surface area contributed by atoms with Crippen LogP contribution in [0.1, 0.15) is 5.56 Å². The average molecular weight is 456 g/mol. The van der Waals surface area contributed by atoms with Gasteiger partial charge in [-0.05, 0) is 36.8 Å². The van der Waals surface area contributed by atoms with Crippen molar-refractivity contribution < 1.29 is 16.8 Å². The first kappa shape index (κ1) is 21.1. The number of aromatic amines is 1. The van der Waals surface area contributed by atoms with E-state index in [1.807, 2.05) is 0 Å². The third kappa shape index (κ3) is 3.71. The molecule has 0 aliphatic carbocycles. The third-order valence-electron chi connectivity index (χ3n) is 4.98. The Balaban J connectivity index is 1.86. The maximum Gasteiger partial charge on any atom is 0.259 e. The van der Waals surface area contributed by atoms with Crippen LogP contribution in [-0.2, 0) is 19.9 Å². The molecule has 3 aromatic carbocycles. The summed E-state index contributed by atoms with van der Waals surface area (Å²) in [6.45, 7) is 1.72. The lowest BCUT2D eigenvalue weighted by Gasteiger charge is -2.19. The lowest BCUT2D eigenvalue weighted by Crippen LogP contribution is -2.33. The Hall–Kier alpha value is -3.14. The summed E-state index contributed by atoms with van der Waals surface area (Å²) < 4.78 is 54.0. The maximum absolute atomic E-state index is 13.6. The number of hydrogen-bond acceptors (Lipinski definition) is 5. The molecule has 0 fully saturated rings. The monoisotopic (exact) mass is 455 g/mol. The highest BCUT2D eigenvalue weighted by molar-refractivity contribution is 7.92. The topological polar surface area (TPSA) is 99.3 Å². The van der Waals surface area contributed by atoms with Crippen molar-refractivity contribution in [2.75, 3.05) is 12.5 Å². The number of rotatable bonds is 6. The first-order valence-electron chi connectivity index (χ1n) is 9.45. The van der Waals surface area contributed by atoms with Crippen LogP contribution < -0.4 is 5.43 Å². The molecule has 4 rings (SSSR count). The molecule has 1 heterocycles. The number of hydrazine groups is 1. The number of sulfonamides is 1. The van der Waals surface area contributed by atoms with E-state index in [-0.39, 0.29) is 20.5 Å². The number of sulfone groups is 1. The van der Waals surface area contributed by atoms with Gasteiger partial charge in [0.05, 0.1) is 9.79 Å². The van der Waals surface area contributed by atoms with Gasteiger partial charge in [-0.25, -0.2) is 16.8 Å². The van der Waals surface area contributed by atoms with Crippen LogP contribution in [0.2, 0.25) is 0 Å². The van der Waals surface area contributed by atoms with Crippen molar-refractivity contribution in [3.05, 3.63) is 84.4 Å². The van der Waals surface area contributed by atoms with E-state index in [9.17, 15) is 16.8 Å². The van der Waals surface area contributed by atoms with Gasteiger partial charge >= 0.3 is 0 Å². The molecule has 0 aliphatic rings. The fourth-order valence-electron chi connectivity index (χ4n) is 3.41. The molecule has 0 aliphatic heterocycles. The van der Waals surface area contributed by atoms with Crippen molar-refractivity contribution in [1.82, 2.24) is 9.40 Å². The zero-order chi connectivity index (χ0) is 22.2. The fourth-order valence-corrected chi connectivity index (χ4v) is 6.24. The third-order valence-corrected chi connectivity index (χ3v) is 8.66. The molecule has 0 saturated heterocycles. The molecular weight excluding hydrogens is 434 g/mol. The van der Waals surface area contributed by atoms with Gasteiger partial charge in [-0.15, -0.1) is 4.41 Å². The molecule has 4 aromatic rings. The molecule has 160 valence electrons. The minimum absolute atomic E-state index is 0.00693. The van der Waals surface area contributed by atoms with Gasteiger partial charge in [-0.1, -0.05) is 54.6 Å². The number of para-hydroxylation sites is 1. The highest BCUT2D eigenvalue weighted by Gasteiger charge is 2.30. The average Bonchev–Trinajstić information content (AvgIpc) is 3.13. The Labute approximate surface area is 181 Å². The second kappa shape index (κ2) is 7.84. The molecule has 0 saturated carbocycles. The quantitative estimate of drug-likeness (QED) is 0.429. The van der Waals surface area contributed by atoms with Gasteiger partial charge in [0.2, 0.25) is 9.84 Å². The Morgan fingerprint density at radius 2 is 1.42 bits per heavy atom. The van der Waals surface area contributed by atoms with Crippen molar-refractivity contribution in [3.63, 3.8) is 0 Å². The Morgan fingerprint density at radius 3 is 2.13 bits per heavy atom. The number of nitrogens with zero attached hydrogens (tertiary/aromatic N) is 1. The van der Waals surface area contributed by atoms with Crippen molar-refractivity contribution in [3.8, 4) is 0 Å². The van der Waals surface area contributed by atoms with Gasteiger partial charge in [-0.3, -0.25) is 5.43 Å². The number of aryl methyl sites for hydroxylation is 1. The van der Waals surface area contributed by atoms with E-state index in [1.54, 1.807) is 73.7 Å². The van der Waals surface area contributed by atoms with Gasteiger partial charge in [0.15, 0.2) is 0 Å². The summed E-state index contributed by atoms with van der Waals surface area (Å²) in [4.78, 5) is 3.26. The van der Waals surface area contributed by atoms with Crippen LogP contribution in [0.4, 0.5) is 5.82 Å². The first-order chi connectivity index (χ1) is 14.7. The van der Waals surface area contributed by atoms with E-state index < -0.39 is 19.9 Å². The summed E-state index contributed by atoms with van der Waals surface area (Å²) >= 11 is 0. The van der Waals surface area contributed by atoms with Crippen molar-refractivity contribution >= 4 is 36.6 Å². The molecule has 0 radical (unpaired) electrons.